The van der Waals surface area contributed by atoms with Crippen molar-refractivity contribution in [2.45, 2.75) is 406 Å². The molecule has 0 amide bonds. The third-order valence-electron chi connectivity index (χ3n) is 15.0. The Hall–Kier alpha value is -0.941. The summed E-state index contributed by atoms with van der Waals surface area (Å²) in [5, 5.41) is 30.8. The fraction of sp³-hybridized carbons (Fsp3) is 0.955. The van der Waals surface area contributed by atoms with Gasteiger partial charge in [0.05, 0.1) is 0 Å². The number of carbonyl (C=O) groups is 3. The van der Waals surface area contributed by atoms with Gasteiger partial charge in [-0.2, -0.15) is 0 Å². The summed E-state index contributed by atoms with van der Waals surface area (Å²) in [6.45, 7) is 6.84. The molecule has 6 nitrogen and oxygen atoms in total. The summed E-state index contributed by atoms with van der Waals surface area (Å²) in [4.78, 5) is 30.8. The number of carbonyl (C=O) groups excluding carboxylic acids is 3. The van der Waals surface area contributed by atoms with Crippen molar-refractivity contribution in [3.05, 3.63) is 0 Å². The Bertz CT molecular complexity index is 882. The first kappa shape index (κ1) is 78.6. The minimum Gasteiger partial charge on any atom is -0.550 e. The first-order chi connectivity index (χ1) is 35.3. The summed E-state index contributed by atoms with van der Waals surface area (Å²) in [5.74, 6) is -2.70. The molecule has 0 aliphatic heterocycles. The van der Waals surface area contributed by atoms with E-state index in [2.05, 4.69) is 20.8 Å². The first-order valence-corrected chi connectivity index (χ1v) is 32.9. The largest absolute Gasteiger partial charge is 3.00 e. The van der Waals surface area contributed by atoms with E-state index in [9.17, 15) is 29.7 Å². The van der Waals surface area contributed by atoms with E-state index in [4.69, 9.17) is 0 Å². The number of carboxylic acids is 3. The van der Waals surface area contributed by atoms with Gasteiger partial charge in [0, 0.05) is 17.9 Å². The van der Waals surface area contributed by atoms with Crippen LogP contribution < -0.4 is 15.3 Å². The van der Waals surface area contributed by atoms with Crippen molar-refractivity contribution in [1.29, 1.82) is 0 Å². The van der Waals surface area contributed by atoms with Gasteiger partial charge in [0.25, 0.3) is 0 Å². The predicted octanol–water partition coefficient (Wildman–Crippen LogP) is 19.7. The van der Waals surface area contributed by atoms with Crippen LogP contribution in [0.4, 0.5) is 0 Å². The van der Waals surface area contributed by atoms with Crippen LogP contribution in [0.5, 0.6) is 0 Å². The van der Waals surface area contributed by atoms with Crippen LogP contribution >= 0.6 is 0 Å². The van der Waals surface area contributed by atoms with Crippen molar-refractivity contribution in [2.75, 3.05) is 0 Å². The van der Waals surface area contributed by atoms with Gasteiger partial charge < -0.3 is 29.7 Å². The third kappa shape index (κ3) is 88.0. The summed E-state index contributed by atoms with van der Waals surface area (Å²) < 4.78 is 0. The Labute approximate surface area is 471 Å². The molecular weight excluding hydrogens is 1080 g/mol. The summed E-state index contributed by atoms with van der Waals surface area (Å²) in [5.41, 5.74) is 0. The van der Waals surface area contributed by atoms with Crippen LogP contribution in [0.2, 0.25) is 0 Å². The average molecular weight is 1210 g/mol. The maximum Gasteiger partial charge on any atom is 3.00 e. The predicted molar refractivity (Wildman–Crippen MR) is 309 cm³/mol. The molecule has 438 valence electrons. The second-order valence-electron chi connectivity index (χ2n) is 22.5. The fourth-order valence-electron chi connectivity index (χ4n) is 10.0. The van der Waals surface area contributed by atoms with Crippen molar-refractivity contribution in [1.82, 2.24) is 0 Å². The van der Waals surface area contributed by atoms with Crippen LogP contribution in [0, 0.1) is 0 Å². The van der Waals surface area contributed by atoms with E-state index in [-0.39, 0.29) is 39.4 Å². The molecule has 0 bridgehead atoms. The van der Waals surface area contributed by atoms with Crippen LogP contribution in [0.15, 0.2) is 0 Å². The number of hydrogen-bond donors (Lipinski definition) is 0. The van der Waals surface area contributed by atoms with E-state index in [0.29, 0.717) is 0 Å². The van der Waals surface area contributed by atoms with Gasteiger partial charge in [-0.1, -0.05) is 367 Å². The van der Waals surface area contributed by atoms with Crippen molar-refractivity contribution in [2.24, 2.45) is 0 Å². The molecule has 7 heteroatoms. The molecule has 0 N–H and O–H groups in total. The van der Waals surface area contributed by atoms with E-state index in [1.165, 1.54) is 327 Å². The number of rotatable bonds is 60. The van der Waals surface area contributed by atoms with Crippen molar-refractivity contribution in [3.8, 4) is 0 Å². The number of hydrogen-bond acceptors (Lipinski definition) is 6. The topological polar surface area (TPSA) is 120 Å². The maximum absolute atomic E-state index is 10.3. The van der Waals surface area contributed by atoms with Crippen LogP contribution in [-0.2, 0) is 34.5 Å². The Morgan fingerprint density at radius 2 is 0.260 bits per heavy atom. The summed E-state index contributed by atoms with van der Waals surface area (Å²) >= 11 is 0. The van der Waals surface area contributed by atoms with Gasteiger partial charge in [-0.05, 0) is 38.5 Å². The zero-order chi connectivity index (χ0) is 53.2. The van der Waals surface area contributed by atoms with E-state index >= 15 is 0 Å². The fourth-order valence-corrected chi connectivity index (χ4v) is 10.0. The molecule has 0 aromatic rings. The molecule has 73 heavy (non-hydrogen) atoms. The van der Waals surface area contributed by atoms with Gasteiger partial charge in [0.2, 0.25) is 0 Å². The van der Waals surface area contributed by atoms with Crippen LogP contribution in [0.3, 0.4) is 0 Å². The Kier molecular flexibility index (Phi) is 81.0. The summed E-state index contributed by atoms with van der Waals surface area (Å²) in [7, 11) is 0. The van der Waals surface area contributed by atoms with Crippen LogP contribution in [-0.4, -0.2) is 17.9 Å². The minimum atomic E-state index is -0.901. The quantitative estimate of drug-likeness (QED) is 0.0559. The third-order valence-corrected chi connectivity index (χ3v) is 15.0. The molecule has 0 saturated heterocycles. The minimum absolute atomic E-state index is 0. The standard InChI is InChI=1S/3C22H44O2.Ir/c3*1-2-3-4-5-6-7-8-9-10-11-12-13-14-15-16-17-18-19-20-21-22(23)24;/h3*2-21H2,1H3,(H,23,24);/q;;;+3/p-3. The molecule has 0 heterocycles. The molecule has 0 aliphatic rings. The Balaban J connectivity index is -0.000000486. The van der Waals surface area contributed by atoms with Crippen LogP contribution in [0.25, 0.3) is 0 Å². The van der Waals surface area contributed by atoms with Crippen LogP contribution in [0.1, 0.15) is 406 Å². The number of aliphatic carboxylic acids is 3. The first-order valence-electron chi connectivity index (χ1n) is 32.9. The van der Waals surface area contributed by atoms with Gasteiger partial charge in [-0.25, -0.2) is 0 Å². The van der Waals surface area contributed by atoms with E-state index in [0.717, 1.165) is 38.5 Å². The number of carboxylic acid groups (broad SMARTS) is 3. The molecular formula is C66H129IrO6. The molecule has 0 rings (SSSR count). The van der Waals surface area contributed by atoms with E-state index in [1.54, 1.807) is 0 Å². The van der Waals surface area contributed by atoms with Crippen molar-refractivity contribution >= 4 is 17.9 Å². The molecule has 0 saturated carbocycles. The zero-order valence-electron chi connectivity index (χ0n) is 49.7. The smallest absolute Gasteiger partial charge is 0.550 e. The average Bonchev–Trinajstić information content (AvgIpc) is 3.36. The Morgan fingerprint density at radius 3 is 0.342 bits per heavy atom. The summed E-state index contributed by atoms with van der Waals surface area (Å²) in [6.07, 6.45) is 77.2. The molecule has 0 atom stereocenters. The van der Waals surface area contributed by atoms with Gasteiger partial charge in [-0.15, -0.1) is 0 Å². The van der Waals surface area contributed by atoms with E-state index < -0.39 is 17.9 Å². The molecule has 0 unspecified atom stereocenters. The van der Waals surface area contributed by atoms with Crippen molar-refractivity contribution < 1.29 is 49.8 Å². The van der Waals surface area contributed by atoms with Crippen molar-refractivity contribution in [3.63, 3.8) is 0 Å². The molecule has 0 aromatic carbocycles. The zero-order valence-corrected chi connectivity index (χ0v) is 52.1. The summed E-state index contributed by atoms with van der Waals surface area (Å²) in [6, 6.07) is 0. The number of unbranched alkanes of at least 4 members (excludes halogenated alkanes) is 54. The van der Waals surface area contributed by atoms with Gasteiger partial charge in [0.15, 0.2) is 0 Å². The SMILES string of the molecule is CCCCCCCCCCCCCCCCCCCCCC(=O)[O-].CCCCCCCCCCCCCCCCCCCCCC(=O)[O-].CCCCCCCCCCCCCCCCCCCCCC(=O)[O-].[Ir+3]. The monoisotopic (exact) mass is 1210 g/mol. The van der Waals surface area contributed by atoms with Gasteiger partial charge >= 0.3 is 20.1 Å². The molecule has 0 aliphatic carbocycles. The van der Waals surface area contributed by atoms with Gasteiger partial charge in [0.1, 0.15) is 0 Å². The molecule has 0 aromatic heterocycles. The second kappa shape index (κ2) is 75.3. The molecule has 0 spiro atoms. The normalized spacial score (nSPS) is 10.9. The molecule has 0 radical (unpaired) electrons. The molecule has 0 fully saturated rings. The van der Waals surface area contributed by atoms with E-state index in [1.807, 2.05) is 0 Å². The van der Waals surface area contributed by atoms with Gasteiger partial charge in [-0.3, -0.25) is 0 Å². The Morgan fingerprint density at radius 1 is 0.178 bits per heavy atom. The second-order valence-corrected chi connectivity index (χ2v) is 22.5. The maximum atomic E-state index is 10.3.